The zero-order chi connectivity index (χ0) is 16.8. The monoisotopic (exact) mass is 329 g/mol. The molecule has 24 heavy (non-hydrogen) atoms. The van der Waals surface area contributed by atoms with Crippen LogP contribution in [0.25, 0.3) is 11.0 Å². The van der Waals surface area contributed by atoms with E-state index in [1.807, 2.05) is 0 Å². The van der Waals surface area contributed by atoms with Crippen LogP contribution in [0.2, 0.25) is 0 Å². The van der Waals surface area contributed by atoms with E-state index in [1.54, 1.807) is 11.7 Å². The van der Waals surface area contributed by atoms with Gasteiger partial charge in [0.1, 0.15) is 11.2 Å². The van der Waals surface area contributed by atoms with Gasteiger partial charge in [-0.15, -0.1) is 0 Å². The van der Waals surface area contributed by atoms with Gasteiger partial charge in [-0.3, -0.25) is 14.3 Å². The highest BCUT2D eigenvalue weighted by molar-refractivity contribution is 5.77. The molecule has 7 heteroatoms. The van der Waals surface area contributed by atoms with Gasteiger partial charge in [-0.2, -0.15) is 5.10 Å². The molecule has 4 rings (SSSR count). The summed E-state index contributed by atoms with van der Waals surface area (Å²) in [6.07, 6.45) is 7.09. The van der Waals surface area contributed by atoms with E-state index in [4.69, 9.17) is 0 Å². The van der Waals surface area contributed by atoms with Crippen LogP contribution in [-0.4, -0.2) is 42.6 Å². The predicted molar refractivity (Wildman–Crippen MR) is 89.5 cm³/mol. The highest BCUT2D eigenvalue weighted by Gasteiger charge is 2.41. The fourth-order valence-corrected chi connectivity index (χ4v) is 3.47. The minimum atomic E-state index is -0.194. The number of hydrogen-bond acceptors (Lipinski definition) is 4. The molecule has 2 heterocycles. The van der Waals surface area contributed by atoms with Crippen molar-refractivity contribution in [3.8, 4) is 0 Å². The predicted octanol–water partition coefficient (Wildman–Crippen LogP) is 1.38. The molecule has 2 aromatic heterocycles. The van der Waals surface area contributed by atoms with Crippen molar-refractivity contribution < 1.29 is 4.79 Å². The van der Waals surface area contributed by atoms with E-state index in [2.05, 4.69) is 26.9 Å². The summed E-state index contributed by atoms with van der Waals surface area (Å²) >= 11 is 0. The largest absolute Gasteiger partial charge is 0.337 e. The Balaban J connectivity index is 1.48. The maximum atomic E-state index is 12.7. The first-order chi connectivity index (χ1) is 11.5. The van der Waals surface area contributed by atoms with Crippen molar-refractivity contribution in [2.75, 3.05) is 0 Å². The Bertz CT molecular complexity index is 831. The number of hydrogen-bond donors (Lipinski definition) is 1. The third-order valence-corrected chi connectivity index (χ3v) is 5.20. The Hall–Kier alpha value is -2.18. The lowest BCUT2D eigenvalue weighted by atomic mass is 10.1. The van der Waals surface area contributed by atoms with Crippen LogP contribution in [0.15, 0.2) is 11.0 Å². The van der Waals surface area contributed by atoms with E-state index in [9.17, 15) is 9.59 Å². The van der Waals surface area contributed by atoms with Crippen molar-refractivity contribution in [1.29, 1.82) is 0 Å². The fraction of sp³-hybridized carbons (Fsp3) is 0.647. The average Bonchev–Trinajstić information content (AvgIpc) is 3.44. The van der Waals surface area contributed by atoms with Crippen molar-refractivity contribution in [1.82, 2.24) is 24.6 Å². The van der Waals surface area contributed by atoms with Crippen molar-refractivity contribution in [3.63, 3.8) is 0 Å². The van der Waals surface area contributed by atoms with Gasteiger partial charge in [-0.1, -0.05) is 0 Å². The Morgan fingerprint density at radius 3 is 2.83 bits per heavy atom. The first-order valence-electron chi connectivity index (χ1n) is 8.76. The number of H-pyrrole nitrogens is 1. The molecular weight excluding hydrogens is 306 g/mol. The summed E-state index contributed by atoms with van der Waals surface area (Å²) in [5, 5.41) is 4.54. The van der Waals surface area contributed by atoms with Gasteiger partial charge in [0.15, 0.2) is 5.65 Å². The van der Waals surface area contributed by atoms with Crippen LogP contribution in [-0.2, 0) is 18.3 Å². The lowest BCUT2D eigenvalue weighted by Gasteiger charge is -2.29. The Morgan fingerprint density at radius 1 is 1.42 bits per heavy atom. The van der Waals surface area contributed by atoms with Gasteiger partial charge in [-0.05, 0) is 38.5 Å². The van der Waals surface area contributed by atoms with Crippen molar-refractivity contribution >= 4 is 16.9 Å². The van der Waals surface area contributed by atoms with Gasteiger partial charge in [0.25, 0.3) is 5.56 Å². The number of rotatable bonds is 6. The zero-order valence-corrected chi connectivity index (χ0v) is 14.2. The number of nitrogens with one attached hydrogen (secondary N) is 1. The summed E-state index contributed by atoms with van der Waals surface area (Å²) in [7, 11) is 1.76. The molecule has 0 spiro atoms. The van der Waals surface area contributed by atoms with E-state index >= 15 is 0 Å². The average molecular weight is 329 g/mol. The van der Waals surface area contributed by atoms with Gasteiger partial charge >= 0.3 is 0 Å². The minimum Gasteiger partial charge on any atom is -0.337 e. The van der Waals surface area contributed by atoms with Gasteiger partial charge in [0.05, 0.1) is 6.20 Å². The highest BCUT2D eigenvalue weighted by Crippen LogP contribution is 2.40. The first kappa shape index (κ1) is 15.4. The molecule has 0 aromatic carbocycles. The molecule has 2 aliphatic rings. The van der Waals surface area contributed by atoms with Crippen LogP contribution in [0.5, 0.6) is 0 Å². The molecule has 0 saturated heterocycles. The molecular formula is C17H23N5O2. The number of aryl methyl sites for hydroxylation is 2. The molecule has 1 amide bonds. The quantitative estimate of drug-likeness (QED) is 0.868. The Kier molecular flexibility index (Phi) is 3.66. The second-order valence-electron chi connectivity index (χ2n) is 7.13. The van der Waals surface area contributed by atoms with E-state index in [0.29, 0.717) is 47.7 Å². The summed E-state index contributed by atoms with van der Waals surface area (Å²) in [5.74, 6) is 1.42. The van der Waals surface area contributed by atoms with E-state index in [0.717, 1.165) is 12.8 Å². The fourth-order valence-electron chi connectivity index (χ4n) is 3.47. The molecule has 0 aliphatic heterocycles. The smallest absolute Gasteiger partial charge is 0.262 e. The van der Waals surface area contributed by atoms with E-state index in [-0.39, 0.29) is 11.5 Å². The van der Waals surface area contributed by atoms with Crippen molar-refractivity contribution in [2.45, 2.75) is 57.5 Å². The third-order valence-electron chi connectivity index (χ3n) is 5.20. The number of carbonyl (C=O) groups is 1. The molecule has 1 atom stereocenters. The van der Waals surface area contributed by atoms with Crippen LogP contribution in [0, 0.1) is 5.92 Å². The van der Waals surface area contributed by atoms with Gasteiger partial charge < -0.3 is 9.88 Å². The maximum Gasteiger partial charge on any atom is 0.262 e. The number of nitrogens with zero attached hydrogens (tertiary/aromatic N) is 4. The molecule has 2 aromatic rings. The lowest BCUT2D eigenvalue weighted by molar-refractivity contribution is -0.134. The molecule has 7 nitrogen and oxygen atoms in total. The lowest BCUT2D eigenvalue weighted by Crippen LogP contribution is -2.41. The van der Waals surface area contributed by atoms with Gasteiger partial charge in [-0.25, -0.2) is 4.98 Å². The standard InChI is InChI=1S/C17H23N5O2/c1-10(11-3-4-11)22(12-5-6-12)15(23)8-7-14-19-16-13(17(24)20-14)9-18-21(16)2/h9-12H,3-8H2,1-2H3,(H,19,20,24)/t10-/m0/s1. The van der Waals surface area contributed by atoms with Crippen LogP contribution in [0.3, 0.4) is 0 Å². The van der Waals surface area contributed by atoms with Gasteiger partial charge in [0.2, 0.25) is 5.91 Å². The molecule has 2 fully saturated rings. The third kappa shape index (κ3) is 2.83. The number of aromatic nitrogens is 4. The zero-order valence-electron chi connectivity index (χ0n) is 14.2. The minimum absolute atomic E-state index is 0.185. The topological polar surface area (TPSA) is 83.9 Å². The summed E-state index contributed by atoms with van der Waals surface area (Å²) in [4.78, 5) is 34.1. The summed E-state index contributed by atoms with van der Waals surface area (Å²) in [5.41, 5.74) is 0.368. The summed E-state index contributed by atoms with van der Waals surface area (Å²) in [6.45, 7) is 2.18. The van der Waals surface area contributed by atoms with Crippen LogP contribution in [0.4, 0.5) is 0 Å². The van der Waals surface area contributed by atoms with E-state index < -0.39 is 0 Å². The van der Waals surface area contributed by atoms with E-state index in [1.165, 1.54) is 19.0 Å². The second-order valence-corrected chi connectivity index (χ2v) is 7.13. The van der Waals surface area contributed by atoms with Gasteiger partial charge in [0, 0.05) is 32.0 Å². The molecule has 0 bridgehead atoms. The number of aromatic amines is 1. The van der Waals surface area contributed by atoms with Crippen LogP contribution >= 0.6 is 0 Å². The second kappa shape index (κ2) is 5.72. The molecule has 2 saturated carbocycles. The molecule has 0 unspecified atom stereocenters. The molecule has 0 radical (unpaired) electrons. The van der Waals surface area contributed by atoms with Crippen molar-refractivity contribution in [2.24, 2.45) is 13.0 Å². The SMILES string of the molecule is C[C@@H](C1CC1)N(C(=O)CCc1nc2c(cnn2C)c(=O)[nH]1)C1CC1. The number of amides is 1. The Labute approximate surface area is 140 Å². The molecule has 128 valence electrons. The van der Waals surface area contributed by atoms with Crippen LogP contribution in [0.1, 0.15) is 44.9 Å². The maximum absolute atomic E-state index is 12.7. The molecule has 1 N–H and O–H groups in total. The number of carbonyl (C=O) groups excluding carboxylic acids is 1. The first-order valence-corrected chi connectivity index (χ1v) is 8.76. The Morgan fingerprint density at radius 2 is 2.17 bits per heavy atom. The number of fused-ring (bicyclic) bond motifs is 1. The van der Waals surface area contributed by atoms with Crippen molar-refractivity contribution in [3.05, 3.63) is 22.4 Å². The summed E-state index contributed by atoms with van der Waals surface area (Å²) < 4.78 is 1.58. The molecule has 2 aliphatic carbocycles. The van der Waals surface area contributed by atoms with Crippen LogP contribution < -0.4 is 5.56 Å². The summed E-state index contributed by atoms with van der Waals surface area (Å²) in [6, 6.07) is 0.774. The normalized spacial score (nSPS) is 18.8. The highest BCUT2D eigenvalue weighted by atomic mass is 16.2.